The van der Waals surface area contributed by atoms with Crippen molar-refractivity contribution in [2.24, 2.45) is 0 Å². The van der Waals surface area contributed by atoms with Crippen molar-refractivity contribution < 1.29 is 0 Å². The fraction of sp³-hybridized carbons (Fsp3) is 0.200. The van der Waals surface area contributed by atoms with Gasteiger partial charge in [0.15, 0.2) is 0 Å². The molecule has 1 radical (unpaired) electrons. The second-order valence-electron chi connectivity index (χ2n) is 4.36. The van der Waals surface area contributed by atoms with Crippen molar-refractivity contribution >= 4 is 5.69 Å². The molecule has 0 amide bonds. The summed E-state index contributed by atoms with van der Waals surface area (Å²) in [5.74, 6) is 0. The summed E-state index contributed by atoms with van der Waals surface area (Å²) in [5.41, 5.74) is 5.00. The Hall–Kier alpha value is -1.76. The molecule has 2 aliphatic rings. The van der Waals surface area contributed by atoms with Crippen molar-refractivity contribution in [1.29, 1.82) is 0 Å². The third-order valence-electron chi connectivity index (χ3n) is 3.07. The van der Waals surface area contributed by atoms with E-state index < -0.39 is 0 Å². The van der Waals surface area contributed by atoms with Gasteiger partial charge in [-0.25, -0.2) is 0 Å². The molecule has 1 aromatic carbocycles. The van der Waals surface area contributed by atoms with E-state index in [0.29, 0.717) is 6.04 Å². The smallest absolute Gasteiger partial charge is 0.0503 e. The highest BCUT2D eigenvalue weighted by Gasteiger charge is 2.28. The van der Waals surface area contributed by atoms with Crippen molar-refractivity contribution in [2.75, 3.05) is 4.90 Å². The number of allylic oxidation sites excluding steroid dienone is 3. The standard InChI is InChI=1S/C15H14N/c1-11-8-13-10-12(2)16(15(13)9-11)14-6-4-3-5-7-14/h3-7,9-10,12H,1-2H3. The largest absolute Gasteiger partial charge is 0.334 e. The second-order valence-corrected chi connectivity index (χ2v) is 4.36. The molecule has 3 rings (SSSR count). The maximum atomic E-state index is 3.39. The van der Waals surface area contributed by atoms with Gasteiger partial charge in [-0.05, 0) is 43.7 Å². The molecule has 16 heavy (non-hydrogen) atoms. The summed E-state index contributed by atoms with van der Waals surface area (Å²) in [5, 5.41) is 0. The SMILES string of the molecule is CC1=[C]C2=CC(C)N(c3ccccc3)C2=C1. The van der Waals surface area contributed by atoms with Gasteiger partial charge in [0, 0.05) is 17.0 Å². The summed E-state index contributed by atoms with van der Waals surface area (Å²) >= 11 is 0. The lowest BCUT2D eigenvalue weighted by molar-refractivity contribution is 0.868. The van der Waals surface area contributed by atoms with Gasteiger partial charge in [-0.2, -0.15) is 0 Å². The average molecular weight is 208 g/mol. The minimum atomic E-state index is 0.421. The van der Waals surface area contributed by atoms with Crippen LogP contribution in [0.5, 0.6) is 0 Å². The van der Waals surface area contributed by atoms with Gasteiger partial charge >= 0.3 is 0 Å². The number of hydrogen-bond acceptors (Lipinski definition) is 1. The van der Waals surface area contributed by atoms with Gasteiger partial charge < -0.3 is 4.90 Å². The number of anilines is 1. The Labute approximate surface area is 96.4 Å². The van der Waals surface area contributed by atoms with Crippen LogP contribution in [0, 0.1) is 6.08 Å². The van der Waals surface area contributed by atoms with Gasteiger partial charge in [-0.15, -0.1) is 0 Å². The predicted molar refractivity (Wildman–Crippen MR) is 67.0 cm³/mol. The molecule has 0 bridgehead atoms. The van der Waals surface area contributed by atoms with Gasteiger partial charge in [0.1, 0.15) is 0 Å². The lowest BCUT2D eigenvalue weighted by Crippen LogP contribution is -2.25. The van der Waals surface area contributed by atoms with Crippen LogP contribution < -0.4 is 4.90 Å². The Balaban J connectivity index is 2.03. The Morgan fingerprint density at radius 1 is 1.19 bits per heavy atom. The number of rotatable bonds is 1. The molecule has 0 fully saturated rings. The molecule has 0 spiro atoms. The van der Waals surface area contributed by atoms with Crippen molar-refractivity contribution in [3.05, 3.63) is 65.4 Å². The van der Waals surface area contributed by atoms with Crippen LogP contribution >= 0.6 is 0 Å². The average Bonchev–Trinajstić information content (AvgIpc) is 2.74. The lowest BCUT2D eigenvalue weighted by Gasteiger charge is -2.25. The first-order valence-electron chi connectivity index (χ1n) is 5.64. The third kappa shape index (κ3) is 1.32. The van der Waals surface area contributed by atoms with Crippen LogP contribution in [0.4, 0.5) is 5.69 Å². The highest BCUT2D eigenvalue weighted by molar-refractivity contribution is 5.68. The summed E-state index contributed by atoms with van der Waals surface area (Å²) in [7, 11) is 0. The summed E-state index contributed by atoms with van der Waals surface area (Å²) in [6.07, 6.45) is 7.87. The Morgan fingerprint density at radius 2 is 1.94 bits per heavy atom. The first-order chi connectivity index (χ1) is 7.75. The van der Waals surface area contributed by atoms with E-state index in [0.717, 1.165) is 0 Å². The maximum Gasteiger partial charge on any atom is 0.0503 e. The van der Waals surface area contributed by atoms with Crippen molar-refractivity contribution in [2.45, 2.75) is 19.9 Å². The molecule has 1 unspecified atom stereocenters. The number of benzene rings is 1. The highest BCUT2D eigenvalue weighted by Crippen LogP contribution is 2.37. The van der Waals surface area contributed by atoms with Crippen molar-refractivity contribution in [1.82, 2.24) is 0 Å². The molecule has 1 aromatic rings. The van der Waals surface area contributed by atoms with Crippen LogP contribution in [0.15, 0.2) is 59.3 Å². The lowest BCUT2D eigenvalue weighted by atomic mass is 10.2. The molecule has 1 aliphatic carbocycles. The van der Waals surface area contributed by atoms with Crippen LogP contribution in [0.3, 0.4) is 0 Å². The van der Waals surface area contributed by atoms with Gasteiger partial charge in [-0.3, -0.25) is 0 Å². The van der Waals surface area contributed by atoms with Crippen LogP contribution in [-0.4, -0.2) is 6.04 Å². The third-order valence-corrected chi connectivity index (χ3v) is 3.07. The quantitative estimate of drug-likeness (QED) is 0.683. The fourth-order valence-electron chi connectivity index (χ4n) is 2.42. The molecule has 1 heterocycles. The van der Waals surface area contributed by atoms with E-state index in [1.807, 2.05) is 0 Å². The Morgan fingerprint density at radius 3 is 2.69 bits per heavy atom. The van der Waals surface area contributed by atoms with Crippen molar-refractivity contribution in [3.63, 3.8) is 0 Å². The minimum Gasteiger partial charge on any atom is -0.334 e. The van der Waals surface area contributed by atoms with Crippen LogP contribution in [0.1, 0.15) is 13.8 Å². The van der Waals surface area contributed by atoms with Gasteiger partial charge in [0.05, 0.1) is 6.04 Å². The molecule has 1 aliphatic heterocycles. The molecule has 0 saturated carbocycles. The van der Waals surface area contributed by atoms with E-state index in [9.17, 15) is 0 Å². The predicted octanol–water partition coefficient (Wildman–Crippen LogP) is 3.47. The Bertz CT molecular complexity index is 505. The summed E-state index contributed by atoms with van der Waals surface area (Å²) in [6, 6.07) is 10.9. The highest BCUT2D eigenvalue weighted by atomic mass is 15.2. The monoisotopic (exact) mass is 208 g/mol. The Kier molecular flexibility index (Phi) is 2.00. The zero-order valence-electron chi connectivity index (χ0n) is 9.57. The minimum absolute atomic E-state index is 0.421. The van der Waals surface area contributed by atoms with E-state index in [1.165, 1.54) is 22.5 Å². The zero-order valence-corrected chi connectivity index (χ0v) is 9.57. The normalized spacial score (nSPS) is 22.8. The number of fused-ring (bicyclic) bond motifs is 1. The fourth-order valence-corrected chi connectivity index (χ4v) is 2.42. The molecule has 0 saturated heterocycles. The van der Waals surface area contributed by atoms with Gasteiger partial charge in [0.2, 0.25) is 0 Å². The molecule has 1 heteroatoms. The van der Waals surface area contributed by atoms with E-state index >= 15 is 0 Å². The maximum absolute atomic E-state index is 3.39. The van der Waals surface area contributed by atoms with Crippen LogP contribution in [-0.2, 0) is 0 Å². The summed E-state index contributed by atoms with van der Waals surface area (Å²) < 4.78 is 0. The molecular formula is C15H14N. The number of para-hydroxylation sites is 1. The van der Waals surface area contributed by atoms with Gasteiger partial charge in [0.25, 0.3) is 0 Å². The van der Waals surface area contributed by atoms with Crippen LogP contribution in [0.2, 0.25) is 0 Å². The van der Waals surface area contributed by atoms with Crippen LogP contribution in [0.25, 0.3) is 0 Å². The summed E-state index contributed by atoms with van der Waals surface area (Å²) in [6.45, 7) is 4.32. The molecule has 1 atom stereocenters. The molecule has 79 valence electrons. The van der Waals surface area contributed by atoms with Crippen molar-refractivity contribution in [3.8, 4) is 0 Å². The van der Waals surface area contributed by atoms with E-state index in [-0.39, 0.29) is 0 Å². The van der Waals surface area contributed by atoms with Gasteiger partial charge in [-0.1, -0.05) is 24.3 Å². The number of nitrogens with zero attached hydrogens (tertiary/aromatic N) is 1. The first-order valence-corrected chi connectivity index (χ1v) is 5.64. The first kappa shape index (κ1) is 9.46. The number of hydrogen-bond donors (Lipinski definition) is 0. The summed E-state index contributed by atoms with van der Waals surface area (Å²) in [4.78, 5) is 2.36. The topological polar surface area (TPSA) is 3.24 Å². The molecular weight excluding hydrogens is 194 g/mol. The second kappa shape index (κ2) is 3.38. The molecule has 0 aromatic heterocycles. The van der Waals surface area contributed by atoms with E-state index in [1.54, 1.807) is 0 Å². The zero-order chi connectivity index (χ0) is 11.1. The molecule has 0 N–H and O–H groups in total. The molecule has 1 nitrogen and oxygen atoms in total. The van der Waals surface area contributed by atoms with E-state index in [4.69, 9.17) is 0 Å². The van der Waals surface area contributed by atoms with E-state index in [2.05, 4.69) is 67.3 Å².